The van der Waals surface area contributed by atoms with E-state index >= 15 is 0 Å². The fourth-order valence-electron chi connectivity index (χ4n) is 3.37. The van der Waals surface area contributed by atoms with Gasteiger partial charge in [-0.1, -0.05) is 60.9 Å². The summed E-state index contributed by atoms with van der Waals surface area (Å²) in [4.78, 5) is 35.9. The average Bonchev–Trinajstić information content (AvgIpc) is 3.26. The van der Waals surface area contributed by atoms with Crippen molar-refractivity contribution < 1.29 is 14.5 Å². The summed E-state index contributed by atoms with van der Waals surface area (Å²) in [5.41, 5.74) is 0.413. The number of rotatable bonds is 10. The maximum absolute atomic E-state index is 12.9. The minimum atomic E-state index is -0.551. The first-order chi connectivity index (χ1) is 17.1. The number of hydrogen-bond acceptors (Lipinski definition) is 7. The van der Waals surface area contributed by atoms with Gasteiger partial charge < -0.3 is 15.2 Å². The maximum atomic E-state index is 12.9. The molecule has 0 saturated carbocycles. The number of aromatic nitrogens is 3. The van der Waals surface area contributed by atoms with Gasteiger partial charge in [0.1, 0.15) is 0 Å². The van der Waals surface area contributed by atoms with E-state index in [9.17, 15) is 19.7 Å². The van der Waals surface area contributed by atoms with Crippen molar-refractivity contribution in [2.45, 2.75) is 38.5 Å². The van der Waals surface area contributed by atoms with E-state index < -0.39 is 16.9 Å². The Hall–Kier alpha value is -3.15. The molecule has 2 aromatic carbocycles. The first-order valence-corrected chi connectivity index (χ1v) is 12.7. The van der Waals surface area contributed by atoms with Crippen LogP contribution >= 0.6 is 35.0 Å². The molecular weight excluding hydrogens is 527 g/mol. The van der Waals surface area contributed by atoms with Crippen LogP contribution in [0.3, 0.4) is 0 Å². The number of benzene rings is 2. The lowest BCUT2D eigenvalue weighted by atomic mass is 10.0. The Bertz CT molecular complexity index is 1280. The van der Waals surface area contributed by atoms with Gasteiger partial charge in [-0.2, -0.15) is 0 Å². The normalized spacial score (nSPS) is 11.8. The molecule has 3 rings (SSSR count). The number of nitrogens with zero attached hydrogens (tertiary/aromatic N) is 4. The van der Waals surface area contributed by atoms with Gasteiger partial charge in [0.15, 0.2) is 11.0 Å². The molecule has 1 aromatic heterocycles. The predicted molar refractivity (Wildman–Crippen MR) is 140 cm³/mol. The number of amides is 2. The Morgan fingerprint density at radius 1 is 1.17 bits per heavy atom. The van der Waals surface area contributed by atoms with Crippen LogP contribution < -0.4 is 10.6 Å². The van der Waals surface area contributed by atoms with E-state index in [1.165, 1.54) is 36.0 Å². The van der Waals surface area contributed by atoms with Crippen molar-refractivity contribution in [1.82, 2.24) is 20.1 Å². The molecule has 0 aliphatic rings. The summed E-state index contributed by atoms with van der Waals surface area (Å²) >= 11 is 13.3. The fourth-order valence-corrected chi connectivity index (χ4v) is 4.52. The Kier molecular flexibility index (Phi) is 9.30. The molecule has 1 atom stereocenters. The van der Waals surface area contributed by atoms with E-state index in [-0.39, 0.29) is 33.9 Å². The van der Waals surface area contributed by atoms with Gasteiger partial charge in [0, 0.05) is 24.2 Å². The molecule has 36 heavy (non-hydrogen) atoms. The number of carbonyl (C=O) groups excluding carboxylic acids is 2. The molecule has 2 amide bonds. The van der Waals surface area contributed by atoms with E-state index in [4.69, 9.17) is 23.2 Å². The van der Waals surface area contributed by atoms with Crippen molar-refractivity contribution in [2.75, 3.05) is 11.1 Å². The number of thioether (sulfide) groups is 1. The molecule has 0 saturated heterocycles. The van der Waals surface area contributed by atoms with Crippen molar-refractivity contribution >= 4 is 58.2 Å². The minimum absolute atomic E-state index is 0.0490. The van der Waals surface area contributed by atoms with Crippen LogP contribution in [-0.2, 0) is 11.3 Å². The van der Waals surface area contributed by atoms with Gasteiger partial charge in [0.2, 0.25) is 5.91 Å². The third-order valence-corrected chi connectivity index (χ3v) is 6.96. The lowest BCUT2D eigenvalue weighted by Crippen LogP contribution is -2.33. The molecule has 3 aromatic rings. The van der Waals surface area contributed by atoms with Gasteiger partial charge in [-0.3, -0.25) is 19.7 Å². The SMILES string of the molecule is CCn1c(SCC(=O)Nc2cccc(Cl)c2Cl)nnc1[C@H](NC(=O)c1cccc([N+](=O)[O-])c1)C(C)C. The number of anilines is 1. The molecule has 13 heteroatoms. The molecule has 10 nitrogen and oxygen atoms in total. The molecule has 0 spiro atoms. The van der Waals surface area contributed by atoms with Crippen LogP contribution in [0.15, 0.2) is 47.6 Å². The molecule has 1 heterocycles. The van der Waals surface area contributed by atoms with Crippen molar-refractivity contribution in [3.05, 3.63) is 74.0 Å². The van der Waals surface area contributed by atoms with Crippen molar-refractivity contribution in [3.8, 4) is 0 Å². The Balaban J connectivity index is 1.74. The highest BCUT2D eigenvalue weighted by Crippen LogP contribution is 2.30. The number of hydrogen-bond donors (Lipinski definition) is 2. The standard InChI is InChI=1S/C23H24Cl2N6O4S/c1-4-30-21(20(13(2)3)27-22(33)14-7-5-8-15(11-14)31(34)35)28-29-23(30)36-12-18(32)26-17-10-6-9-16(24)19(17)25/h5-11,13,20H,4,12H2,1-3H3,(H,26,32)(H,27,33)/t20-/m1/s1. The topological polar surface area (TPSA) is 132 Å². The molecule has 0 aliphatic carbocycles. The average molecular weight is 551 g/mol. The second kappa shape index (κ2) is 12.2. The summed E-state index contributed by atoms with van der Waals surface area (Å²) in [6.45, 7) is 6.24. The third kappa shape index (κ3) is 6.54. The summed E-state index contributed by atoms with van der Waals surface area (Å²) in [6, 6.07) is 9.97. The van der Waals surface area contributed by atoms with E-state index in [0.29, 0.717) is 28.2 Å². The Labute approximate surface area is 221 Å². The molecule has 0 fully saturated rings. The number of carbonyl (C=O) groups is 2. The van der Waals surface area contributed by atoms with Gasteiger partial charge in [-0.25, -0.2) is 0 Å². The highest BCUT2D eigenvalue weighted by Gasteiger charge is 2.27. The molecule has 0 radical (unpaired) electrons. The van der Waals surface area contributed by atoms with Crippen LogP contribution in [0.25, 0.3) is 0 Å². The van der Waals surface area contributed by atoms with Crippen LogP contribution in [0.2, 0.25) is 10.0 Å². The second-order valence-electron chi connectivity index (χ2n) is 8.03. The molecular formula is C23H24Cl2N6O4S. The Morgan fingerprint density at radius 3 is 2.56 bits per heavy atom. The summed E-state index contributed by atoms with van der Waals surface area (Å²) in [5, 5.41) is 26.3. The van der Waals surface area contributed by atoms with Gasteiger partial charge in [0.25, 0.3) is 11.6 Å². The van der Waals surface area contributed by atoms with Crippen molar-refractivity contribution in [3.63, 3.8) is 0 Å². The first kappa shape index (κ1) is 27.4. The first-order valence-electron chi connectivity index (χ1n) is 11.0. The molecule has 2 N–H and O–H groups in total. The molecule has 0 bridgehead atoms. The quantitative estimate of drug-likeness (QED) is 0.197. The van der Waals surface area contributed by atoms with Crippen LogP contribution in [0, 0.1) is 16.0 Å². The Morgan fingerprint density at radius 2 is 1.89 bits per heavy atom. The number of nitrogens with one attached hydrogen (secondary N) is 2. The van der Waals surface area contributed by atoms with E-state index in [2.05, 4.69) is 20.8 Å². The number of non-ortho nitro benzene ring substituents is 1. The third-order valence-electron chi connectivity index (χ3n) is 5.17. The van der Waals surface area contributed by atoms with Crippen molar-refractivity contribution in [1.29, 1.82) is 0 Å². The number of halogens is 2. The van der Waals surface area contributed by atoms with Crippen LogP contribution in [-0.4, -0.2) is 37.3 Å². The highest BCUT2D eigenvalue weighted by atomic mass is 35.5. The summed E-state index contributed by atoms with van der Waals surface area (Å²) < 4.78 is 1.82. The van der Waals surface area contributed by atoms with Crippen LogP contribution in [0.1, 0.15) is 43.0 Å². The smallest absolute Gasteiger partial charge is 0.270 e. The molecule has 0 aliphatic heterocycles. The lowest BCUT2D eigenvalue weighted by molar-refractivity contribution is -0.384. The van der Waals surface area contributed by atoms with Gasteiger partial charge >= 0.3 is 0 Å². The summed E-state index contributed by atoms with van der Waals surface area (Å²) in [6.07, 6.45) is 0. The summed E-state index contributed by atoms with van der Waals surface area (Å²) in [7, 11) is 0. The summed E-state index contributed by atoms with van der Waals surface area (Å²) in [5.74, 6) is -0.251. The van der Waals surface area contributed by atoms with E-state index in [1.807, 2.05) is 25.3 Å². The zero-order valence-corrected chi connectivity index (χ0v) is 22.0. The molecule has 190 valence electrons. The monoisotopic (exact) mass is 550 g/mol. The fraction of sp³-hybridized carbons (Fsp3) is 0.304. The molecule has 0 unspecified atom stereocenters. The van der Waals surface area contributed by atoms with E-state index in [0.717, 1.165) is 0 Å². The largest absolute Gasteiger partial charge is 0.342 e. The van der Waals surface area contributed by atoms with Gasteiger partial charge in [-0.15, -0.1) is 10.2 Å². The maximum Gasteiger partial charge on any atom is 0.270 e. The van der Waals surface area contributed by atoms with E-state index in [1.54, 1.807) is 18.2 Å². The number of nitro benzene ring substituents is 1. The highest BCUT2D eigenvalue weighted by molar-refractivity contribution is 7.99. The minimum Gasteiger partial charge on any atom is -0.342 e. The lowest BCUT2D eigenvalue weighted by Gasteiger charge is -2.22. The van der Waals surface area contributed by atoms with Crippen LogP contribution in [0.5, 0.6) is 0 Å². The second-order valence-corrected chi connectivity index (χ2v) is 9.75. The van der Waals surface area contributed by atoms with Gasteiger partial charge in [0.05, 0.1) is 32.5 Å². The zero-order valence-electron chi connectivity index (χ0n) is 19.7. The number of nitro groups is 1. The van der Waals surface area contributed by atoms with Crippen LogP contribution in [0.4, 0.5) is 11.4 Å². The van der Waals surface area contributed by atoms with Gasteiger partial charge in [-0.05, 0) is 31.0 Å². The van der Waals surface area contributed by atoms with Crippen molar-refractivity contribution in [2.24, 2.45) is 5.92 Å². The zero-order chi connectivity index (χ0) is 26.4. The predicted octanol–water partition coefficient (Wildman–Crippen LogP) is 5.37.